The Morgan fingerprint density at radius 2 is 1.70 bits per heavy atom. The summed E-state index contributed by atoms with van der Waals surface area (Å²) in [5.74, 6) is 0.384. The molecule has 0 aromatic heterocycles. The summed E-state index contributed by atoms with van der Waals surface area (Å²) in [5.41, 5.74) is 1.78. The van der Waals surface area contributed by atoms with Crippen LogP contribution in [0, 0.1) is 35.5 Å². The van der Waals surface area contributed by atoms with Gasteiger partial charge in [0.15, 0.2) is 0 Å². The second kappa shape index (κ2) is 5.78. The molecule has 1 N–H and O–H groups in total. The summed E-state index contributed by atoms with van der Waals surface area (Å²) >= 11 is 0. The highest BCUT2D eigenvalue weighted by molar-refractivity contribution is 6.10. The zero-order valence-corrected chi connectivity index (χ0v) is 15.6. The molecule has 0 radical (unpaired) electrons. The number of carbonyl (C=O) groups excluding carboxylic acids is 3. The van der Waals surface area contributed by atoms with Crippen molar-refractivity contribution >= 4 is 23.4 Å². The highest BCUT2D eigenvalue weighted by Crippen LogP contribution is 2.65. The molecule has 1 heterocycles. The van der Waals surface area contributed by atoms with Crippen LogP contribution in [0.1, 0.15) is 25.8 Å². The number of aryl methyl sites for hydroxylation is 1. The van der Waals surface area contributed by atoms with Gasteiger partial charge in [-0.3, -0.25) is 19.3 Å². The van der Waals surface area contributed by atoms with E-state index in [1.807, 2.05) is 31.2 Å². The summed E-state index contributed by atoms with van der Waals surface area (Å²) in [4.78, 5) is 40.3. The van der Waals surface area contributed by atoms with Gasteiger partial charge in [0.25, 0.3) is 0 Å². The van der Waals surface area contributed by atoms with Gasteiger partial charge in [-0.05, 0) is 55.1 Å². The Morgan fingerprint density at radius 1 is 1.11 bits per heavy atom. The first-order valence-corrected chi connectivity index (χ1v) is 9.97. The number of likely N-dealkylation sites (tertiary alicyclic amines) is 1. The number of para-hydroxylation sites is 1. The lowest BCUT2D eigenvalue weighted by molar-refractivity contribution is -0.146. The molecule has 5 heteroatoms. The summed E-state index contributed by atoms with van der Waals surface area (Å²) < 4.78 is 0. The maximum atomic E-state index is 13.1. The van der Waals surface area contributed by atoms with Crippen LogP contribution < -0.4 is 5.32 Å². The quantitative estimate of drug-likeness (QED) is 0.660. The van der Waals surface area contributed by atoms with E-state index < -0.39 is 6.04 Å². The summed E-state index contributed by atoms with van der Waals surface area (Å²) in [7, 11) is 0. The van der Waals surface area contributed by atoms with Gasteiger partial charge in [-0.15, -0.1) is 0 Å². The lowest BCUT2D eigenvalue weighted by Crippen LogP contribution is -2.46. The van der Waals surface area contributed by atoms with Crippen LogP contribution in [-0.4, -0.2) is 28.7 Å². The third-order valence-corrected chi connectivity index (χ3v) is 7.12. The van der Waals surface area contributed by atoms with E-state index in [-0.39, 0.29) is 41.4 Å². The first-order chi connectivity index (χ1) is 13.0. The van der Waals surface area contributed by atoms with Crippen LogP contribution in [0.2, 0.25) is 0 Å². The van der Waals surface area contributed by atoms with Gasteiger partial charge in [0.1, 0.15) is 6.04 Å². The Balaban J connectivity index is 1.38. The van der Waals surface area contributed by atoms with Crippen molar-refractivity contribution in [1.29, 1.82) is 0 Å². The molecule has 1 saturated heterocycles. The van der Waals surface area contributed by atoms with E-state index in [1.165, 1.54) is 4.90 Å². The minimum absolute atomic E-state index is 0.152. The van der Waals surface area contributed by atoms with Crippen LogP contribution in [0.3, 0.4) is 0 Å². The zero-order chi connectivity index (χ0) is 18.9. The molecule has 4 aliphatic carbocycles. The van der Waals surface area contributed by atoms with Gasteiger partial charge in [0.2, 0.25) is 17.7 Å². The van der Waals surface area contributed by atoms with Gasteiger partial charge in [0.05, 0.1) is 11.8 Å². The monoisotopic (exact) mass is 364 g/mol. The molecule has 5 aliphatic rings. The van der Waals surface area contributed by atoms with E-state index in [1.54, 1.807) is 6.92 Å². The number of allylic oxidation sites excluding steroid dienone is 2. The fraction of sp³-hybridized carbons (Fsp3) is 0.500. The summed E-state index contributed by atoms with van der Waals surface area (Å²) in [5, 5.41) is 2.92. The molecule has 27 heavy (non-hydrogen) atoms. The molecule has 2 saturated carbocycles. The van der Waals surface area contributed by atoms with Crippen molar-refractivity contribution < 1.29 is 14.4 Å². The molecule has 1 aliphatic heterocycles. The first-order valence-electron chi connectivity index (χ1n) is 9.97. The van der Waals surface area contributed by atoms with Crippen molar-refractivity contribution in [3.63, 3.8) is 0 Å². The smallest absolute Gasteiger partial charge is 0.247 e. The minimum Gasteiger partial charge on any atom is -0.324 e. The van der Waals surface area contributed by atoms with Crippen molar-refractivity contribution in [1.82, 2.24) is 4.90 Å². The van der Waals surface area contributed by atoms with Crippen LogP contribution in [0.15, 0.2) is 36.4 Å². The van der Waals surface area contributed by atoms with Crippen molar-refractivity contribution in [3.8, 4) is 0 Å². The second-order valence-electron chi connectivity index (χ2n) is 8.38. The van der Waals surface area contributed by atoms with Crippen LogP contribution in [0.5, 0.6) is 0 Å². The van der Waals surface area contributed by atoms with Crippen LogP contribution in [0.25, 0.3) is 0 Å². The largest absolute Gasteiger partial charge is 0.324 e. The maximum Gasteiger partial charge on any atom is 0.247 e. The standard InChI is InChI=1S/C22H24N2O3/c1-3-12-6-4-5-7-17(12)23-20(25)11(2)24-21(26)18-13-8-9-14(16-10-15(13)16)19(18)22(24)27/h4-9,11,13-16,18-19H,3,10H2,1-2H3,(H,23,25)/t11-,13+,14+,15+,16+,18-,19+/m0/s1. The van der Waals surface area contributed by atoms with Gasteiger partial charge < -0.3 is 5.32 Å². The molecule has 3 amide bonds. The topological polar surface area (TPSA) is 66.5 Å². The van der Waals surface area contributed by atoms with Crippen molar-refractivity contribution in [2.24, 2.45) is 35.5 Å². The van der Waals surface area contributed by atoms with Crippen molar-refractivity contribution in [2.75, 3.05) is 5.32 Å². The molecule has 1 aromatic rings. The lowest BCUT2D eigenvalue weighted by Gasteiger charge is -2.37. The molecule has 2 bridgehead atoms. The first kappa shape index (κ1) is 16.7. The summed E-state index contributed by atoms with van der Waals surface area (Å²) in [6, 6.07) is 6.83. The molecule has 6 rings (SSSR count). The van der Waals surface area contributed by atoms with E-state index in [2.05, 4.69) is 17.5 Å². The normalized spacial score (nSPS) is 36.4. The number of carbonyl (C=O) groups is 3. The third-order valence-electron chi connectivity index (χ3n) is 7.12. The molecule has 7 atom stereocenters. The van der Waals surface area contributed by atoms with Crippen LogP contribution in [0.4, 0.5) is 5.69 Å². The van der Waals surface area contributed by atoms with Crippen molar-refractivity contribution in [3.05, 3.63) is 42.0 Å². The lowest BCUT2D eigenvalue weighted by atomic mass is 9.63. The predicted octanol–water partition coefficient (Wildman–Crippen LogP) is 2.63. The Morgan fingerprint density at radius 3 is 2.30 bits per heavy atom. The summed E-state index contributed by atoms with van der Waals surface area (Å²) in [6.45, 7) is 3.69. The number of hydrogen-bond acceptors (Lipinski definition) is 3. The van der Waals surface area contributed by atoms with E-state index in [0.29, 0.717) is 11.8 Å². The van der Waals surface area contributed by atoms with E-state index in [9.17, 15) is 14.4 Å². The highest BCUT2D eigenvalue weighted by Gasteiger charge is 2.67. The molecule has 140 valence electrons. The number of nitrogens with one attached hydrogen (secondary N) is 1. The van der Waals surface area contributed by atoms with Crippen molar-refractivity contribution in [2.45, 2.75) is 32.7 Å². The molecular formula is C22H24N2O3. The van der Waals surface area contributed by atoms with E-state index in [0.717, 1.165) is 24.1 Å². The number of benzene rings is 1. The average molecular weight is 364 g/mol. The van der Waals surface area contributed by atoms with Gasteiger partial charge >= 0.3 is 0 Å². The SMILES string of the molecule is CCc1ccccc1NC(=O)[C@H](C)N1C(=O)[C@@H]2[C@@H]3C=C[C@H]([C@H]4C[C@H]34)[C@@H]2C1=O. The van der Waals surface area contributed by atoms with Gasteiger partial charge in [-0.1, -0.05) is 37.3 Å². The van der Waals surface area contributed by atoms with E-state index in [4.69, 9.17) is 0 Å². The second-order valence-corrected chi connectivity index (χ2v) is 8.38. The number of nitrogens with zero attached hydrogens (tertiary/aromatic N) is 1. The Bertz CT molecular complexity index is 840. The van der Waals surface area contributed by atoms with Crippen LogP contribution >= 0.6 is 0 Å². The Labute approximate surface area is 158 Å². The number of amides is 3. The minimum atomic E-state index is -0.795. The predicted molar refractivity (Wildman–Crippen MR) is 100 cm³/mol. The summed E-state index contributed by atoms with van der Waals surface area (Å²) in [6.07, 6.45) is 6.24. The molecule has 1 aromatic carbocycles. The van der Waals surface area contributed by atoms with Gasteiger partial charge in [0, 0.05) is 5.69 Å². The fourth-order valence-electron chi connectivity index (χ4n) is 5.67. The number of rotatable bonds is 4. The zero-order valence-electron chi connectivity index (χ0n) is 15.6. The Kier molecular flexibility index (Phi) is 3.58. The molecular weight excluding hydrogens is 340 g/mol. The van der Waals surface area contributed by atoms with Gasteiger partial charge in [-0.25, -0.2) is 0 Å². The number of imide groups is 1. The maximum absolute atomic E-state index is 13.1. The molecule has 0 spiro atoms. The average Bonchev–Trinajstić information content (AvgIpc) is 3.45. The van der Waals surface area contributed by atoms with E-state index >= 15 is 0 Å². The van der Waals surface area contributed by atoms with Gasteiger partial charge in [-0.2, -0.15) is 0 Å². The molecule has 0 unspecified atom stereocenters. The number of hydrogen-bond donors (Lipinski definition) is 1. The molecule has 3 fully saturated rings. The fourth-order valence-corrected chi connectivity index (χ4v) is 5.67. The third kappa shape index (κ3) is 2.27. The Hall–Kier alpha value is -2.43. The van der Waals surface area contributed by atoms with Crippen LogP contribution in [-0.2, 0) is 20.8 Å². The highest BCUT2D eigenvalue weighted by atomic mass is 16.2. The number of anilines is 1. The molecule has 5 nitrogen and oxygen atoms in total.